The van der Waals surface area contributed by atoms with Crippen LogP contribution < -0.4 is 9.64 Å². The molecule has 0 fully saturated rings. The van der Waals surface area contributed by atoms with Crippen molar-refractivity contribution in [3.63, 3.8) is 0 Å². The maximum absolute atomic E-state index is 13.8. The van der Waals surface area contributed by atoms with Gasteiger partial charge in [0.1, 0.15) is 5.75 Å². The lowest BCUT2D eigenvalue weighted by molar-refractivity contribution is -0.130. The van der Waals surface area contributed by atoms with Crippen LogP contribution in [0, 0.1) is 0 Å². The van der Waals surface area contributed by atoms with Gasteiger partial charge in [-0.1, -0.05) is 51.1 Å². The van der Waals surface area contributed by atoms with Crippen LogP contribution in [0.4, 0.5) is 5.69 Å². The van der Waals surface area contributed by atoms with Gasteiger partial charge in [-0.15, -0.1) is 0 Å². The van der Waals surface area contributed by atoms with Crippen molar-refractivity contribution in [3.8, 4) is 16.9 Å². The molecule has 5 rings (SSSR count). The van der Waals surface area contributed by atoms with E-state index in [1.165, 1.54) is 4.90 Å². The van der Waals surface area contributed by atoms with Crippen molar-refractivity contribution in [3.05, 3.63) is 87.9 Å². The van der Waals surface area contributed by atoms with E-state index >= 15 is 0 Å². The van der Waals surface area contributed by atoms with Gasteiger partial charge in [-0.25, -0.2) is 0 Å². The maximum atomic E-state index is 13.8. The molecule has 8 heteroatoms. The number of carbonyl (C=O) groups excluding carboxylic acids is 2. The van der Waals surface area contributed by atoms with E-state index in [9.17, 15) is 9.59 Å². The summed E-state index contributed by atoms with van der Waals surface area (Å²) in [4.78, 5) is 29.4. The fourth-order valence-corrected chi connectivity index (χ4v) is 5.29. The molecule has 37 heavy (non-hydrogen) atoms. The Labute approximate surface area is 220 Å². The first-order valence-corrected chi connectivity index (χ1v) is 13.1. The Bertz CT molecular complexity index is 1430. The highest BCUT2D eigenvalue weighted by atomic mass is 32.1. The Morgan fingerprint density at radius 2 is 1.81 bits per heavy atom. The minimum atomic E-state index is -0.465. The number of rotatable bonds is 6. The molecule has 0 saturated heterocycles. The normalized spacial score (nSPS) is 15.1. The van der Waals surface area contributed by atoms with Crippen molar-refractivity contribution in [1.82, 2.24) is 15.1 Å². The van der Waals surface area contributed by atoms with Crippen molar-refractivity contribution < 1.29 is 14.3 Å². The molecule has 1 unspecified atom stereocenters. The fourth-order valence-electron chi connectivity index (χ4n) is 4.62. The number of carbonyl (C=O) groups is 2. The van der Waals surface area contributed by atoms with Gasteiger partial charge < -0.3 is 9.64 Å². The number of amides is 2. The number of thiophene rings is 1. The summed E-state index contributed by atoms with van der Waals surface area (Å²) in [6, 6.07) is 17.2. The number of anilines is 1. The zero-order valence-corrected chi connectivity index (χ0v) is 22.4. The number of para-hydroxylation sites is 1. The van der Waals surface area contributed by atoms with Gasteiger partial charge in [0.15, 0.2) is 12.3 Å². The Balaban J connectivity index is 1.62. The molecule has 1 aliphatic heterocycles. The molecule has 2 amide bonds. The highest BCUT2D eigenvalue weighted by Crippen LogP contribution is 2.47. The Morgan fingerprint density at radius 3 is 2.46 bits per heavy atom. The molecule has 0 spiro atoms. The molecular formula is C29H30N4O3S. The van der Waals surface area contributed by atoms with E-state index in [0.29, 0.717) is 11.4 Å². The van der Waals surface area contributed by atoms with Crippen LogP contribution in [0.3, 0.4) is 0 Å². The van der Waals surface area contributed by atoms with E-state index in [0.717, 1.165) is 33.6 Å². The topological polar surface area (TPSA) is 78.5 Å². The van der Waals surface area contributed by atoms with Gasteiger partial charge in [0.25, 0.3) is 11.8 Å². The van der Waals surface area contributed by atoms with E-state index in [1.54, 1.807) is 30.3 Å². The smallest absolute Gasteiger partial charge is 0.280 e. The highest BCUT2D eigenvalue weighted by molar-refractivity contribution is 7.08. The van der Waals surface area contributed by atoms with Gasteiger partial charge in [0, 0.05) is 42.0 Å². The number of nitrogens with zero attached hydrogens (tertiary/aromatic N) is 3. The average molecular weight is 515 g/mol. The van der Waals surface area contributed by atoms with E-state index in [4.69, 9.17) is 4.74 Å². The quantitative estimate of drug-likeness (QED) is 0.361. The van der Waals surface area contributed by atoms with Crippen LogP contribution in [0.1, 0.15) is 54.1 Å². The van der Waals surface area contributed by atoms with Crippen LogP contribution in [0.15, 0.2) is 65.4 Å². The second kappa shape index (κ2) is 9.52. The number of aromatic nitrogens is 2. The van der Waals surface area contributed by atoms with Crippen molar-refractivity contribution >= 4 is 28.8 Å². The molecule has 2 aromatic carbocycles. The lowest BCUT2D eigenvalue weighted by Crippen LogP contribution is -2.31. The minimum absolute atomic E-state index is 0.0929. The molecule has 0 radical (unpaired) electrons. The molecular weight excluding hydrogens is 484 g/mol. The van der Waals surface area contributed by atoms with Crippen molar-refractivity contribution in [1.29, 1.82) is 0 Å². The first-order chi connectivity index (χ1) is 17.7. The molecule has 1 aliphatic rings. The third-order valence-electron chi connectivity index (χ3n) is 6.57. The molecule has 0 aliphatic carbocycles. The SMILES string of the molecule is CN(C)C(=O)COc1ccccc1C1c2c(n[nH]c2C(C)(C)C)C(=O)N1c1ccc(-c2ccsc2)cc1. The highest BCUT2D eigenvalue weighted by Gasteiger charge is 2.45. The second-order valence-corrected chi connectivity index (χ2v) is 11.1. The van der Waals surface area contributed by atoms with E-state index in [-0.39, 0.29) is 23.8 Å². The van der Waals surface area contributed by atoms with Gasteiger partial charge in [-0.05, 0) is 46.2 Å². The number of nitrogens with one attached hydrogen (secondary N) is 1. The van der Waals surface area contributed by atoms with Gasteiger partial charge in [-0.3, -0.25) is 19.6 Å². The maximum Gasteiger partial charge on any atom is 0.280 e. The third-order valence-corrected chi connectivity index (χ3v) is 7.25. The summed E-state index contributed by atoms with van der Waals surface area (Å²) in [5, 5.41) is 11.8. The summed E-state index contributed by atoms with van der Waals surface area (Å²) in [5.41, 5.74) is 5.69. The summed E-state index contributed by atoms with van der Waals surface area (Å²) in [6.07, 6.45) is 0. The van der Waals surface area contributed by atoms with E-state index < -0.39 is 6.04 Å². The number of benzene rings is 2. The molecule has 1 N–H and O–H groups in total. The van der Waals surface area contributed by atoms with Crippen molar-refractivity contribution in [2.45, 2.75) is 32.2 Å². The predicted molar refractivity (Wildman–Crippen MR) is 146 cm³/mol. The average Bonchev–Trinajstić information content (AvgIpc) is 3.61. The lowest BCUT2D eigenvalue weighted by Gasteiger charge is -2.29. The zero-order valence-electron chi connectivity index (χ0n) is 21.6. The number of ether oxygens (including phenoxy) is 1. The Morgan fingerprint density at radius 1 is 1.08 bits per heavy atom. The molecule has 3 heterocycles. The third kappa shape index (κ3) is 4.53. The number of hydrogen-bond donors (Lipinski definition) is 1. The van der Waals surface area contributed by atoms with Crippen LogP contribution in [-0.2, 0) is 10.2 Å². The van der Waals surface area contributed by atoms with Crippen molar-refractivity contribution in [2.24, 2.45) is 0 Å². The summed E-state index contributed by atoms with van der Waals surface area (Å²) >= 11 is 1.65. The Kier molecular flexibility index (Phi) is 6.37. The van der Waals surface area contributed by atoms with Gasteiger partial charge >= 0.3 is 0 Å². The van der Waals surface area contributed by atoms with Gasteiger partial charge in [-0.2, -0.15) is 16.4 Å². The monoisotopic (exact) mass is 514 g/mol. The zero-order chi connectivity index (χ0) is 26.3. The molecule has 7 nitrogen and oxygen atoms in total. The van der Waals surface area contributed by atoms with E-state index in [1.807, 2.05) is 53.9 Å². The van der Waals surface area contributed by atoms with Gasteiger partial charge in [0.05, 0.1) is 6.04 Å². The largest absolute Gasteiger partial charge is 0.483 e. The van der Waals surface area contributed by atoms with E-state index in [2.05, 4.69) is 42.4 Å². The minimum Gasteiger partial charge on any atom is -0.483 e. The summed E-state index contributed by atoms with van der Waals surface area (Å²) < 4.78 is 6.02. The summed E-state index contributed by atoms with van der Waals surface area (Å²) in [7, 11) is 3.39. The van der Waals surface area contributed by atoms with Crippen LogP contribution >= 0.6 is 11.3 Å². The molecule has 0 saturated carbocycles. The first-order valence-electron chi connectivity index (χ1n) is 12.1. The number of aromatic amines is 1. The van der Waals surface area contributed by atoms with Gasteiger partial charge in [0.2, 0.25) is 0 Å². The van der Waals surface area contributed by atoms with Crippen LogP contribution in [0.5, 0.6) is 5.75 Å². The summed E-state index contributed by atoms with van der Waals surface area (Å²) in [5.74, 6) is 0.246. The number of fused-ring (bicyclic) bond motifs is 1. The molecule has 190 valence electrons. The lowest BCUT2D eigenvalue weighted by atomic mass is 9.85. The molecule has 1 atom stereocenters. The molecule has 2 aromatic heterocycles. The summed E-state index contributed by atoms with van der Waals surface area (Å²) in [6.45, 7) is 6.20. The predicted octanol–water partition coefficient (Wildman–Crippen LogP) is 5.65. The van der Waals surface area contributed by atoms with Crippen LogP contribution in [-0.4, -0.2) is 47.6 Å². The van der Waals surface area contributed by atoms with Crippen LogP contribution in [0.25, 0.3) is 11.1 Å². The number of likely N-dealkylation sites (N-methyl/N-ethyl adjacent to an activating group) is 1. The van der Waals surface area contributed by atoms with Crippen LogP contribution in [0.2, 0.25) is 0 Å². The fraction of sp³-hybridized carbons (Fsp3) is 0.276. The van der Waals surface area contributed by atoms with Crippen molar-refractivity contribution in [2.75, 3.05) is 25.6 Å². The standard InChI is InChI=1S/C29H30N4O3S/c1-29(2,3)27-24-25(30-31-27)28(35)33(20-12-10-18(11-13-20)19-14-15-37-17-19)26(24)21-8-6-7-9-22(21)36-16-23(34)32(4)5/h6-15,17,26H,16H2,1-5H3,(H,30,31). The molecule has 4 aromatic rings. The molecule has 0 bridgehead atoms. The number of H-pyrrole nitrogens is 1. The number of hydrogen-bond acceptors (Lipinski definition) is 5. The first kappa shape index (κ1) is 24.8. The second-order valence-electron chi connectivity index (χ2n) is 10.4. The Hall–Kier alpha value is -3.91.